The second-order valence-electron chi connectivity index (χ2n) is 7.31. The van der Waals surface area contributed by atoms with Gasteiger partial charge in [0, 0.05) is 44.8 Å². The summed E-state index contributed by atoms with van der Waals surface area (Å²) in [6, 6.07) is 19.7. The maximum Gasteiger partial charge on any atom is 0.219 e. The van der Waals surface area contributed by atoms with Crippen LogP contribution in [0.2, 0.25) is 0 Å². The van der Waals surface area contributed by atoms with Gasteiger partial charge < -0.3 is 15.4 Å². The van der Waals surface area contributed by atoms with E-state index < -0.39 is 0 Å². The maximum atomic E-state index is 13.0. The zero-order valence-electron chi connectivity index (χ0n) is 18.7. The van der Waals surface area contributed by atoms with Gasteiger partial charge in [-0.3, -0.25) is 9.67 Å². The summed E-state index contributed by atoms with van der Waals surface area (Å²) in [7, 11) is 1.74. The Balaban J connectivity index is 0.00000324. The lowest BCUT2D eigenvalue weighted by Gasteiger charge is -2.14. The number of nitrogens with one attached hydrogen (secondary N) is 2. The monoisotopic (exact) mass is 572 g/mol. The summed E-state index contributed by atoms with van der Waals surface area (Å²) < 4.78 is 20.5. The summed E-state index contributed by atoms with van der Waals surface area (Å²) in [6.07, 6.45) is 5.47. The van der Waals surface area contributed by atoms with Crippen molar-refractivity contribution in [2.24, 2.45) is 4.99 Å². The molecule has 0 unspecified atom stereocenters. The van der Waals surface area contributed by atoms with Crippen molar-refractivity contribution < 1.29 is 9.13 Å². The number of halogens is 2. The molecule has 4 aromatic rings. The molecule has 176 valence electrons. The quantitative estimate of drug-likeness (QED) is 0.181. The Morgan fingerprint density at radius 1 is 0.971 bits per heavy atom. The van der Waals surface area contributed by atoms with Crippen LogP contribution in [0.3, 0.4) is 0 Å². The smallest absolute Gasteiger partial charge is 0.219 e. The zero-order chi connectivity index (χ0) is 22.9. The molecule has 34 heavy (non-hydrogen) atoms. The van der Waals surface area contributed by atoms with E-state index in [2.05, 4.69) is 37.8 Å². The van der Waals surface area contributed by atoms with E-state index in [4.69, 9.17) is 4.74 Å². The van der Waals surface area contributed by atoms with Crippen molar-refractivity contribution in [3.8, 4) is 11.6 Å². The summed E-state index contributed by atoms with van der Waals surface area (Å²) in [5, 5.41) is 10.9. The minimum Gasteiger partial charge on any atom is -0.439 e. The molecule has 2 aromatic carbocycles. The van der Waals surface area contributed by atoms with Gasteiger partial charge in [0.25, 0.3) is 0 Å². The Morgan fingerprint density at radius 3 is 2.41 bits per heavy atom. The van der Waals surface area contributed by atoms with Crippen LogP contribution in [0.4, 0.5) is 4.39 Å². The number of guanidine groups is 1. The van der Waals surface area contributed by atoms with E-state index in [-0.39, 0.29) is 29.8 Å². The van der Waals surface area contributed by atoms with Gasteiger partial charge in [0.2, 0.25) is 5.88 Å². The van der Waals surface area contributed by atoms with Crippen LogP contribution in [0.1, 0.15) is 16.7 Å². The highest BCUT2D eigenvalue weighted by Crippen LogP contribution is 2.19. The van der Waals surface area contributed by atoms with Crippen LogP contribution >= 0.6 is 24.0 Å². The number of hydrogen-bond donors (Lipinski definition) is 2. The molecule has 0 spiro atoms. The van der Waals surface area contributed by atoms with E-state index in [1.54, 1.807) is 37.6 Å². The van der Waals surface area contributed by atoms with Gasteiger partial charge in [-0.05, 0) is 47.0 Å². The maximum absolute atomic E-state index is 13.0. The van der Waals surface area contributed by atoms with Crippen LogP contribution in [-0.2, 0) is 19.6 Å². The Morgan fingerprint density at radius 2 is 1.74 bits per heavy atom. The second kappa shape index (κ2) is 12.7. The number of benzene rings is 2. The Kier molecular flexibility index (Phi) is 9.39. The summed E-state index contributed by atoms with van der Waals surface area (Å²) in [5.74, 6) is 1.37. The lowest BCUT2D eigenvalue weighted by atomic mass is 10.1. The number of aromatic nitrogens is 3. The molecule has 2 N–H and O–H groups in total. The van der Waals surface area contributed by atoms with E-state index in [0.717, 1.165) is 12.1 Å². The van der Waals surface area contributed by atoms with Gasteiger partial charge in [0.15, 0.2) is 5.96 Å². The van der Waals surface area contributed by atoms with E-state index in [1.165, 1.54) is 23.3 Å². The fourth-order valence-electron chi connectivity index (χ4n) is 3.24. The lowest BCUT2D eigenvalue weighted by molar-refractivity contribution is 0.461. The fourth-order valence-corrected chi connectivity index (χ4v) is 3.24. The normalized spacial score (nSPS) is 10.9. The zero-order valence-corrected chi connectivity index (χ0v) is 21.0. The highest BCUT2D eigenvalue weighted by molar-refractivity contribution is 14.0. The predicted molar refractivity (Wildman–Crippen MR) is 141 cm³/mol. The molecule has 0 amide bonds. The highest BCUT2D eigenvalue weighted by Gasteiger charge is 2.06. The number of nitrogens with zero attached hydrogens (tertiary/aromatic N) is 4. The van der Waals surface area contributed by atoms with Crippen molar-refractivity contribution in [1.29, 1.82) is 0 Å². The Bertz CT molecular complexity index is 1180. The molecular weight excluding hydrogens is 546 g/mol. The van der Waals surface area contributed by atoms with Crippen LogP contribution in [-0.4, -0.2) is 27.8 Å². The standard InChI is InChI=1S/C25H25FN6O.HI/c1-27-25(30-17-20-5-2-3-6-21(20)18-32-14-4-13-31-32)29-16-19-7-12-24(28-15-19)33-23-10-8-22(26)9-11-23;/h2-15H,16-18H2,1H3,(H2,27,29,30);1H. The van der Waals surface area contributed by atoms with Gasteiger partial charge in [0.05, 0.1) is 6.54 Å². The molecule has 0 aliphatic rings. The van der Waals surface area contributed by atoms with Crippen molar-refractivity contribution in [1.82, 2.24) is 25.4 Å². The van der Waals surface area contributed by atoms with E-state index in [1.807, 2.05) is 35.1 Å². The third-order valence-corrected chi connectivity index (χ3v) is 4.97. The molecule has 0 bridgehead atoms. The molecule has 0 atom stereocenters. The van der Waals surface area contributed by atoms with Gasteiger partial charge in [-0.2, -0.15) is 5.10 Å². The van der Waals surface area contributed by atoms with Crippen LogP contribution in [0.15, 0.2) is 90.3 Å². The van der Waals surface area contributed by atoms with Crippen molar-refractivity contribution in [2.75, 3.05) is 7.05 Å². The molecule has 2 aromatic heterocycles. The van der Waals surface area contributed by atoms with Gasteiger partial charge >= 0.3 is 0 Å². The molecule has 0 radical (unpaired) electrons. The minimum atomic E-state index is -0.305. The van der Waals surface area contributed by atoms with E-state index >= 15 is 0 Å². The first-order valence-corrected chi connectivity index (χ1v) is 10.6. The topological polar surface area (TPSA) is 76.4 Å². The number of aliphatic imine (C=N–C) groups is 1. The molecular formula is C25H26FIN6O. The summed E-state index contributed by atoms with van der Waals surface area (Å²) in [4.78, 5) is 8.62. The molecule has 0 fully saturated rings. The van der Waals surface area contributed by atoms with Gasteiger partial charge in [-0.15, -0.1) is 24.0 Å². The summed E-state index contributed by atoms with van der Waals surface area (Å²) in [5.41, 5.74) is 3.36. The second-order valence-corrected chi connectivity index (χ2v) is 7.31. The molecule has 0 aliphatic heterocycles. The third kappa shape index (κ3) is 7.27. The third-order valence-electron chi connectivity index (χ3n) is 4.97. The van der Waals surface area contributed by atoms with Crippen molar-refractivity contribution in [2.45, 2.75) is 19.6 Å². The molecule has 0 saturated carbocycles. The van der Waals surface area contributed by atoms with Crippen molar-refractivity contribution in [3.05, 3.63) is 108 Å². The molecule has 7 nitrogen and oxygen atoms in total. The minimum absolute atomic E-state index is 0. The van der Waals surface area contributed by atoms with E-state index in [0.29, 0.717) is 30.7 Å². The number of hydrogen-bond acceptors (Lipinski definition) is 4. The first-order valence-electron chi connectivity index (χ1n) is 10.6. The van der Waals surface area contributed by atoms with Crippen LogP contribution in [0.25, 0.3) is 0 Å². The van der Waals surface area contributed by atoms with Gasteiger partial charge in [-0.1, -0.05) is 30.3 Å². The molecule has 2 heterocycles. The molecule has 0 saturated heterocycles. The average molecular weight is 572 g/mol. The van der Waals surface area contributed by atoms with Crippen LogP contribution in [0.5, 0.6) is 11.6 Å². The number of pyridine rings is 1. The van der Waals surface area contributed by atoms with Gasteiger partial charge in [-0.25, -0.2) is 9.37 Å². The largest absolute Gasteiger partial charge is 0.439 e. The highest BCUT2D eigenvalue weighted by atomic mass is 127. The summed E-state index contributed by atoms with van der Waals surface area (Å²) in [6.45, 7) is 1.91. The first-order chi connectivity index (χ1) is 16.2. The lowest BCUT2D eigenvalue weighted by Crippen LogP contribution is -2.36. The number of ether oxygens (including phenoxy) is 1. The SMILES string of the molecule is CN=C(NCc1ccc(Oc2ccc(F)cc2)nc1)NCc1ccccc1Cn1cccn1.I. The Hall–Kier alpha value is -3.47. The van der Waals surface area contributed by atoms with Gasteiger partial charge in [0.1, 0.15) is 11.6 Å². The molecule has 9 heteroatoms. The van der Waals surface area contributed by atoms with Crippen LogP contribution in [0, 0.1) is 5.82 Å². The van der Waals surface area contributed by atoms with Crippen molar-refractivity contribution >= 4 is 29.9 Å². The predicted octanol–water partition coefficient (Wildman–Crippen LogP) is 4.74. The van der Waals surface area contributed by atoms with Crippen molar-refractivity contribution in [3.63, 3.8) is 0 Å². The Labute approximate surface area is 215 Å². The first kappa shape index (κ1) is 25.2. The molecule has 4 rings (SSSR count). The number of rotatable bonds is 8. The van der Waals surface area contributed by atoms with Crippen LogP contribution < -0.4 is 15.4 Å². The fraction of sp³-hybridized carbons (Fsp3) is 0.160. The summed E-state index contributed by atoms with van der Waals surface area (Å²) >= 11 is 0. The average Bonchev–Trinajstić information content (AvgIpc) is 3.36. The van der Waals surface area contributed by atoms with E-state index in [9.17, 15) is 4.39 Å². The molecule has 0 aliphatic carbocycles.